The summed E-state index contributed by atoms with van der Waals surface area (Å²) in [6.07, 6.45) is 1.77. The highest BCUT2D eigenvalue weighted by molar-refractivity contribution is 5.85. The number of epoxide rings is 1. The topological polar surface area (TPSA) is 138 Å². The summed E-state index contributed by atoms with van der Waals surface area (Å²) in [6.45, 7) is 10.6. The van der Waals surface area contributed by atoms with Crippen molar-refractivity contribution in [3.05, 3.63) is 11.6 Å². The molecular formula is C29H42O10. The van der Waals surface area contributed by atoms with Crippen molar-refractivity contribution in [2.45, 2.75) is 97.6 Å². The highest BCUT2D eigenvalue weighted by atomic mass is 16.6. The third-order valence-electron chi connectivity index (χ3n) is 9.96. The van der Waals surface area contributed by atoms with Gasteiger partial charge in [-0.2, -0.15) is 0 Å². The summed E-state index contributed by atoms with van der Waals surface area (Å²) in [5.41, 5.74) is -1.90. The minimum atomic E-state index is -1.05. The molecule has 39 heavy (non-hydrogen) atoms. The van der Waals surface area contributed by atoms with Gasteiger partial charge in [0.1, 0.15) is 30.5 Å². The number of esters is 4. The van der Waals surface area contributed by atoms with Crippen LogP contribution in [-0.2, 0) is 42.9 Å². The first-order chi connectivity index (χ1) is 18.3. The van der Waals surface area contributed by atoms with Crippen molar-refractivity contribution in [3.63, 3.8) is 0 Å². The van der Waals surface area contributed by atoms with Crippen LogP contribution in [0.15, 0.2) is 11.6 Å². The quantitative estimate of drug-likeness (QED) is 0.259. The number of aliphatic hydroxyl groups excluding tert-OH is 1. The lowest BCUT2D eigenvalue weighted by atomic mass is 9.42. The van der Waals surface area contributed by atoms with Gasteiger partial charge in [-0.3, -0.25) is 14.4 Å². The molecule has 2 aliphatic heterocycles. The minimum absolute atomic E-state index is 0.0204. The third-order valence-corrected chi connectivity index (χ3v) is 9.96. The summed E-state index contributed by atoms with van der Waals surface area (Å²) in [5, 5.41) is 11.2. The summed E-state index contributed by atoms with van der Waals surface area (Å²) in [6, 6.07) is 0. The summed E-state index contributed by atoms with van der Waals surface area (Å²) in [4.78, 5) is 49.5. The Hall–Kier alpha value is -2.46. The molecule has 4 rings (SSSR count). The van der Waals surface area contributed by atoms with Gasteiger partial charge in [-0.1, -0.05) is 27.7 Å². The van der Waals surface area contributed by atoms with Gasteiger partial charge in [0.2, 0.25) is 0 Å². The maximum absolute atomic E-state index is 13.1. The van der Waals surface area contributed by atoms with Crippen LogP contribution in [0.3, 0.4) is 0 Å². The molecule has 0 amide bonds. The Kier molecular flexibility index (Phi) is 8.21. The van der Waals surface area contributed by atoms with E-state index in [1.807, 2.05) is 20.8 Å². The molecule has 0 aromatic carbocycles. The fraction of sp³-hybridized carbons (Fsp3) is 0.793. The van der Waals surface area contributed by atoms with Gasteiger partial charge in [0, 0.05) is 31.4 Å². The molecular weight excluding hydrogens is 508 g/mol. The molecule has 1 saturated heterocycles. The Morgan fingerprint density at radius 1 is 1.21 bits per heavy atom. The molecule has 9 unspecified atom stereocenters. The van der Waals surface area contributed by atoms with Gasteiger partial charge < -0.3 is 28.8 Å². The van der Waals surface area contributed by atoms with Crippen molar-refractivity contribution in [2.75, 3.05) is 19.8 Å². The average molecular weight is 551 g/mol. The van der Waals surface area contributed by atoms with Crippen LogP contribution < -0.4 is 0 Å². The van der Waals surface area contributed by atoms with E-state index in [4.69, 9.17) is 23.7 Å². The van der Waals surface area contributed by atoms with Gasteiger partial charge in [0.25, 0.3) is 0 Å². The molecule has 2 aliphatic carbocycles. The molecule has 0 radical (unpaired) electrons. The molecule has 0 aromatic rings. The highest BCUT2D eigenvalue weighted by Crippen LogP contribution is 2.69. The van der Waals surface area contributed by atoms with Gasteiger partial charge in [0.05, 0.1) is 24.5 Å². The summed E-state index contributed by atoms with van der Waals surface area (Å²) in [5.74, 6) is -2.68. The van der Waals surface area contributed by atoms with Crippen molar-refractivity contribution >= 4 is 23.9 Å². The molecule has 3 fully saturated rings. The number of carbonyl (C=O) groups is 4. The van der Waals surface area contributed by atoms with E-state index in [0.717, 1.165) is 0 Å². The Morgan fingerprint density at radius 3 is 2.41 bits per heavy atom. The van der Waals surface area contributed by atoms with E-state index in [0.29, 0.717) is 44.3 Å². The molecule has 9 atom stereocenters. The summed E-state index contributed by atoms with van der Waals surface area (Å²) in [7, 11) is 0. The average Bonchev–Trinajstić information content (AvgIpc) is 3.52. The van der Waals surface area contributed by atoms with E-state index in [9.17, 15) is 24.3 Å². The number of aliphatic hydroxyl groups is 1. The normalized spacial score (nSPS) is 38.6. The van der Waals surface area contributed by atoms with Crippen molar-refractivity contribution in [3.8, 4) is 0 Å². The number of fused-ring (bicyclic) bond motifs is 2. The lowest BCUT2D eigenvalue weighted by Crippen LogP contribution is -2.70. The maximum atomic E-state index is 13.1. The summed E-state index contributed by atoms with van der Waals surface area (Å²) < 4.78 is 29.1. The molecule has 0 aromatic heterocycles. The molecule has 1 spiro atoms. The largest absolute Gasteiger partial charge is 0.462 e. The Balaban J connectivity index is 1.84. The summed E-state index contributed by atoms with van der Waals surface area (Å²) >= 11 is 0. The van der Waals surface area contributed by atoms with Crippen LogP contribution in [0.4, 0.5) is 0 Å². The lowest BCUT2D eigenvalue weighted by Gasteiger charge is -2.64. The van der Waals surface area contributed by atoms with Crippen LogP contribution in [-0.4, -0.2) is 72.7 Å². The van der Waals surface area contributed by atoms with E-state index in [1.165, 1.54) is 19.9 Å². The predicted molar refractivity (Wildman–Crippen MR) is 137 cm³/mol. The number of ether oxygens (including phenoxy) is 5. The molecule has 10 heteroatoms. The maximum Gasteiger partial charge on any atom is 0.331 e. The molecule has 2 heterocycles. The number of rotatable bonds is 9. The molecule has 218 valence electrons. The van der Waals surface area contributed by atoms with Crippen molar-refractivity contribution < 1.29 is 48.0 Å². The molecule has 4 aliphatic rings. The molecule has 0 bridgehead atoms. The van der Waals surface area contributed by atoms with E-state index in [1.54, 1.807) is 0 Å². The SMILES string of the molecule is CCC(C)C(=O)OC1CCC2(CO2)C2(CO)C(OC(C)=O)CC(C)C(C)(CC(OC(C)=O)C3=CC(=O)OC3)C12. The van der Waals surface area contributed by atoms with Crippen LogP contribution in [0.5, 0.6) is 0 Å². The number of carbonyl (C=O) groups excluding carboxylic acids is 4. The molecule has 1 N–H and O–H groups in total. The smallest absolute Gasteiger partial charge is 0.331 e. The molecule has 10 nitrogen and oxygen atoms in total. The van der Waals surface area contributed by atoms with Gasteiger partial charge in [-0.05, 0) is 43.4 Å². The standard InChI is InChI=1S/C29H42O10/c1-7-16(2)26(34)39-21-8-9-28(15-36-28)29(14-30)23(38-19(5)32)10-17(3)27(6,25(21)29)12-22(37-18(4)31)20-11-24(33)35-13-20/h11,16-17,21-23,25,30H,7-10,12-15H2,1-6H3. The van der Waals surface area contributed by atoms with Crippen LogP contribution in [0.1, 0.15) is 73.6 Å². The number of hydrogen-bond donors (Lipinski definition) is 1. The molecule has 2 saturated carbocycles. The first-order valence-corrected chi connectivity index (χ1v) is 14.0. The van der Waals surface area contributed by atoms with Gasteiger partial charge in [0.15, 0.2) is 0 Å². The van der Waals surface area contributed by atoms with Crippen LogP contribution in [0.2, 0.25) is 0 Å². The van der Waals surface area contributed by atoms with E-state index in [2.05, 4.69) is 6.92 Å². The number of hydrogen-bond acceptors (Lipinski definition) is 10. The number of cyclic esters (lactones) is 1. The second-order valence-electron chi connectivity index (χ2n) is 12.2. The Morgan fingerprint density at radius 2 is 1.90 bits per heavy atom. The van der Waals surface area contributed by atoms with Crippen LogP contribution >= 0.6 is 0 Å². The first-order valence-electron chi connectivity index (χ1n) is 14.0. The third kappa shape index (κ3) is 5.10. The zero-order chi connectivity index (χ0) is 28.8. The van der Waals surface area contributed by atoms with Crippen LogP contribution in [0, 0.1) is 28.6 Å². The van der Waals surface area contributed by atoms with E-state index >= 15 is 0 Å². The van der Waals surface area contributed by atoms with Crippen molar-refractivity contribution in [1.29, 1.82) is 0 Å². The highest BCUT2D eigenvalue weighted by Gasteiger charge is 2.77. The van der Waals surface area contributed by atoms with E-state index in [-0.39, 0.29) is 31.0 Å². The second kappa shape index (κ2) is 10.8. The second-order valence-corrected chi connectivity index (χ2v) is 12.2. The first kappa shape index (κ1) is 29.5. The fourth-order valence-corrected chi connectivity index (χ4v) is 7.51. The monoisotopic (exact) mass is 550 g/mol. The lowest BCUT2D eigenvalue weighted by molar-refractivity contribution is -0.257. The Labute approximate surface area is 229 Å². The Bertz CT molecular complexity index is 1030. The van der Waals surface area contributed by atoms with Gasteiger partial charge >= 0.3 is 23.9 Å². The van der Waals surface area contributed by atoms with E-state index < -0.39 is 58.6 Å². The van der Waals surface area contributed by atoms with Crippen molar-refractivity contribution in [1.82, 2.24) is 0 Å². The van der Waals surface area contributed by atoms with Gasteiger partial charge in [-0.25, -0.2) is 4.79 Å². The minimum Gasteiger partial charge on any atom is -0.462 e. The zero-order valence-electron chi connectivity index (χ0n) is 23.8. The fourth-order valence-electron chi connectivity index (χ4n) is 7.51. The van der Waals surface area contributed by atoms with Crippen molar-refractivity contribution in [2.24, 2.45) is 28.6 Å². The zero-order valence-corrected chi connectivity index (χ0v) is 23.8. The van der Waals surface area contributed by atoms with Crippen LogP contribution in [0.25, 0.3) is 0 Å². The predicted octanol–water partition coefficient (Wildman–Crippen LogP) is 2.88. The van der Waals surface area contributed by atoms with Gasteiger partial charge in [-0.15, -0.1) is 0 Å².